The molecule has 0 aliphatic heterocycles. The second-order valence-electron chi connectivity index (χ2n) is 3.97. The summed E-state index contributed by atoms with van der Waals surface area (Å²) < 4.78 is 19.1. The van der Waals surface area contributed by atoms with E-state index in [2.05, 4.69) is 15.9 Å². The van der Waals surface area contributed by atoms with Crippen molar-refractivity contribution in [2.24, 2.45) is 5.73 Å². The van der Waals surface area contributed by atoms with E-state index in [-0.39, 0.29) is 11.7 Å². The molecule has 0 amide bonds. The molecule has 0 aliphatic rings. The van der Waals surface area contributed by atoms with E-state index in [0.29, 0.717) is 22.4 Å². The molecule has 98 valence electrons. The van der Waals surface area contributed by atoms with Crippen LogP contribution >= 0.6 is 15.9 Å². The normalized spacial score (nSPS) is 10.2. The van der Waals surface area contributed by atoms with Gasteiger partial charge in [-0.25, -0.2) is 4.39 Å². The summed E-state index contributed by atoms with van der Waals surface area (Å²) in [6.45, 7) is 0.364. The van der Waals surface area contributed by atoms with Gasteiger partial charge in [0.15, 0.2) is 0 Å². The van der Waals surface area contributed by atoms with Gasteiger partial charge in [-0.05, 0) is 39.7 Å². The van der Waals surface area contributed by atoms with Crippen molar-refractivity contribution in [2.45, 2.75) is 6.61 Å². The summed E-state index contributed by atoms with van der Waals surface area (Å²) in [6.07, 6.45) is 0. The van der Waals surface area contributed by atoms with E-state index in [4.69, 9.17) is 15.9 Å². The molecule has 0 aliphatic carbocycles. The van der Waals surface area contributed by atoms with Crippen molar-refractivity contribution in [3.63, 3.8) is 0 Å². The molecule has 0 spiro atoms. The van der Waals surface area contributed by atoms with Crippen LogP contribution in [-0.4, -0.2) is 5.84 Å². The number of ether oxygens (including phenoxy) is 1. The summed E-state index contributed by atoms with van der Waals surface area (Å²) >= 11 is 3.24. The van der Waals surface area contributed by atoms with Crippen LogP contribution in [-0.2, 0) is 6.61 Å². The first-order valence-electron chi connectivity index (χ1n) is 5.57. The number of nitrogen functional groups attached to an aromatic ring is 1. The number of nitrogens with one attached hydrogen (secondary N) is 1. The average molecular weight is 323 g/mol. The van der Waals surface area contributed by atoms with Crippen LogP contribution in [0.15, 0.2) is 46.9 Å². The summed E-state index contributed by atoms with van der Waals surface area (Å²) in [7, 11) is 0. The maximum atomic E-state index is 12.9. The third kappa shape index (κ3) is 3.54. The van der Waals surface area contributed by atoms with Gasteiger partial charge in [0, 0.05) is 5.56 Å². The largest absolute Gasteiger partial charge is 0.488 e. The van der Waals surface area contributed by atoms with Gasteiger partial charge in [0.1, 0.15) is 24.0 Å². The smallest absolute Gasteiger partial charge is 0.134 e. The van der Waals surface area contributed by atoms with E-state index >= 15 is 0 Å². The van der Waals surface area contributed by atoms with E-state index in [0.717, 1.165) is 5.56 Å². The molecule has 3 nitrogen and oxygen atoms in total. The molecule has 0 bridgehead atoms. The number of amidine groups is 1. The van der Waals surface area contributed by atoms with E-state index < -0.39 is 0 Å². The highest BCUT2D eigenvalue weighted by atomic mass is 79.9. The highest BCUT2D eigenvalue weighted by Gasteiger charge is 2.03. The molecule has 19 heavy (non-hydrogen) atoms. The SMILES string of the molecule is N=C(N)c1ccc(COc2ccc(F)cc2Br)cc1. The first-order valence-corrected chi connectivity index (χ1v) is 6.37. The minimum atomic E-state index is -0.315. The molecule has 0 atom stereocenters. The van der Waals surface area contributed by atoms with Crippen molar-refractivity contribution >= 4 is 21.8 Å². The third-order valence-electron chi connectivity index (χ3n) is 2.55. The van der Waals surface area contributed by atoms with Crippen LogP contribution < -0.4 is 10.5 Å². The summed E-state index contributed by atoms with van der Waals surface area (Å²) in [5.74, 6) is 0.302. The van der Waals surface area contributed by atoms with Gasteiger partial charge in [-0.2, -0.15) is 0 Å². The van der Waals surface area contributed by atoms with Crippen molar-refractivity contribution in [1.29, 1.82) is 5.41 Å². The predicted molar refractivity (Wildman–Crippen MR) is 75.9 cm³/mol. The van der Waals surface area contributed by atoms with Gasteiger partial charge in [-0.15, -0.1) is 0 Å². The Bertz CT molecular complexity index is 599. The lowest BCUT2D eigenvalue weighted by Crippen LogP contribution is -2.10. The van der Waals surface area contributed by atoms with E-state index in [1.165, 1.54) is 12.1 Å². The zero-order valence-electron chi connectivity index (χ0n) is 9.99. The minimum absolute atomic E-state index is 0.0359. The Hall–Kier alpha value is -1.88. The minimum Gasteiger partial charge on any atom is -0.488 e. The average Bonchev–Trinajstić information content (AvgIpc) is 2.38. The van der Waals surface area contributed by atoms with Gasteiger partial charge >= 0.3 is 0 Å². The molecule has 0 aromatic heterocycles. The molecule has 0 saturated carbocycles. The van der Waals surface area contributed by atoms with E-state index in [1.54, 1.807) is 18.2 Å². The van der Waals surface area contributed by atoms with Gasteiger partial charge in [0.25, 0.3) is 0 Å². The zero-order chi connectivity index (χ0) is 13.8. The molecule has 3 N–H and O–H groups in total. The van der Waals surface area contributed by atoms with Crippen LogP contribution in [0.2, 0.25) is 0 Å². The van der Waals surface area contributed by atoms with Gasteiger partial charge in [-0.1, -0.05) is 24.3 Å². The maximum absolute atomic E-state index is 12.9. The van der Waals surface area contributed by atoms with Gasteiger partial charge < -0.3 is 10.5 Å². The van der Waals surface area contributed by atoms with E-state index in [9.17, 15) is 4.39 Å². The predicted octanol–water partition coefficient (Wildman–Crippen LogP) is 3.45. The Morgan fingerprint density at radius 3 is 2.47 bits per heavy atom. The van der Waals surface area contributed by atoms with Crippen LogP contribution in [0.4, 0.5) is 4.39 Å². The lowest BCUT2D eigenvalue weighted by atomic mass is 10.1. The summed E-state index contributed by atoms with van der Waals surface area (Å²) in [4.78, 5) is 0. The number of nitrogens with two attached hydrogens (primary N) is 1. The quantitative estimate of drug-likeness (QED) is 0.669. The third-order valence-corrected chi connectivity index (χ3v) is 3.17. The van der Waals surface area contributed by atoms with Crippen molar-refractivity contribution in [3.05, 3.63) is 63.9 Å². The monoisotopic (exact) mass is 322 g/mol. The van der Waals surface area contributed by atoms with Crippen molar-refractivity contribution < 1.29 is 9.13 Å². The fourth-order valence-electron chi connectivity index (χ4n) is 1.53. The topological polar surface area (TPSA) is 59.1 Å². The highest BCUT2D eigenvalue weighted by Crippen LogP contribution is 2.26. The van der Waals surface area contributed by atoms with Crippen LogP contribution in [0.3, 0.4) is 0 Å². The second-order valence-corrected chi connectivity index (χ2v) is 4.83. The van der Waals surface area contributed by atoms with Crippen molar-refractivity contribution in [3.8, 4) is 5.75 Å². The molecule has 0 fully saturated rings. The Morgan fingerprint density at radius 1 is 1.21 bits per heavy atom. The van der Waals surface area contributed by atoms with Crippen molar-refractivity contribution in [2.75, 3.05) is 0 Å². The number of rotatable bonds is 4. The Kier molecular flexibility index (Phi) is 4.16. The fourth-order valence-corrected chi connectivity index (χ4v) is 2.00. The molecule has 2 rings (SSSR count). The van der Waals surface area contributed by atoms with Crippen LogP contribution in [0.1, 0.15) is 11.1 Å². The molecule has 2 aromatic rings. The van der Waals surface area contributed by atoms with Crippen LogP contribution in [0, 0.1) is 11.2 Å². The molecule has 0 unspecified atom stereocenters. The molecule has 0 radical (unpaired) electrons. The standard InChI is InChI=1S/C14H12BrFN2O/c15-12-7-11(16)5-6-13(12)19-8-9-1-3-10(4-2-9)14(17)18/h1-7H,8H2,(H3,17,18). The Morgan fingerprint density at radius 2 is 1.89 bits per heavy atom. The van der Waals surface area contributed by atoms with Crippen molar-refractivity contribution in [1.82, 2.24) is 0 Å². The summed E-state index contributed by atoms with van der Waals surface area (Å²) in [5, 5.41) is 7.30. The highest BCUT2D eigenvalue weighted by molar-refractivity contribution is 9.10. The molecular formula is C14H12BrFN2O. The van der Waals surface area contributed by atoms with Crippen LogP contribution in [0.5, 0.6) is 5.75 Å². The summed E-state index contributed by atoms with van der Waals surface area (Å²) in [5.41, 5.74) is 6.99. The van der Waals surface area contributed by atoms with Gasteiger partial charge in [-0.3, -0.25) is 5.41 Å². The maximum Gasteiger partial charge on any atom is 0.134 e. The zero-order valence-corrected chi connectivity index (χ0v) is 11.6. The first kappa shape index (κ1) is 13.5. The van der Waals surface area contributed by atoms with Crippen LogP contribution in [0.25, 0.3) is 0 Å². The fraction of sp³-hybridized carbons (Fsp3) is 0.0714. The molecule has 0 heterocycles. The molecule has 5 heteroatoms. The number of hydrogen-bond donors (Lipinski definition) is 2. The lowest BCUT2D eigenvalue weighted by molar-refractivity contribution is 0.303. The lowest BCUT2D eigenvalue weighted by Gasteiger charge is -2.08. The Labute approximate surface area is 118 Å². The molecule has 2 aromatic carbocycles. The van der Waals surface area contributed by atoms with Gasteiger partial charge in [0.05, 0.1) is 4.47 Å². The molecule has 0 saturated heterocycles. The molecular weight excluding hydrogens is 311 g/mol. The van der Waals surface area contributed by atoms with Gasteiger partial charge in [0.2, 0.25) is 0 Å². The van der Waals surface area contributed by atoms with E-state index in [1.807, 2.05) is 12.1 Å². The number of hydrogen-bond acceptors (Lipinski definition) is 2. The second kappa shape index (κ2) is 5.84. The summed E-state index contributed by atoms with van der Waals surface area (Å²) in [6, 6.07) is 11.5. The number of benzene rings is 2. The Balaban J connectivity index is 2.04. The first-order chi connectivity index (χ1) is 9.06. The number of halogens is 2.